The molecule has 1 heterocycles. The number of hydrogen-bond acceptors (Lipinski definition) is 2. The lowest BCUT2D eigenvalue weighted by Gasteiger charge is -2.36. The van der Waals surface area contributed by atoms with Crippen LogP contribution in [0.1, 0.15) is 18.9 Å². The number of hydrogen-bond donors (Lipinski definition) is 0. The second-order valence-corrected chi connectivity index (χ2v) is 4.88. The molecule has 106 valence electrons. The largest absolute Gasteiger partial charge is 0.416 e. The number of alkyl halides is 3. The van der Waals surface area contributed by atoms with Crippen molar-refractivity contribution in [2.45, 2.75) is 19.5 Å². The number of benzene rings is 1. The van der Waals surface area contributed by atoms with Crippen LogP contribution < -0.4 is 4.90 Å². The van der Waals surface area contributed by atoms with Crippen molar-refractivity contribution in [3.63, 3.8) is 0 Å². The first-order valence-electron chi connectivity index (χ1n) is 6.65. The van der Waals surface area contributed by atoms with Crippen LogP contribution in [0.4, 0.5) is 18.9 Å². The van der Waals surface area contributed by atoms with Crippen molar-refractivity contribution < 1.29 is 13.2 Å². The minimum absolute atomic E-state index is 0.569. The highest BCUT2D eigenvalue weighted by Gasteiger charge is 2.31. The minimum atomic E-state index is -4.26. The van der Waals surface area contributed by atoms with E-state index in [1.54, 1.807) is 6.07 Å². The SMILES string of the molecule is CCCN1CCN(c2cccc(C(F)(F)F)c2)CC1. The average molecular weight is 272 g/mol. The van der Waals surface area contributed by atoms with E-state index in [0.29, 0.717) is 5.69 Å². The molecule has 1 aliphatic rings. The molecule has 1 fully saturated rings. The van der Waals surface area contributed by atoms with Gasteiger partial charge < -0.3 is 4.90 Å². The molecule has 1 saturated heterocycles. The van der Waals surface area contributed by atoms with Crippen molar-refractivity contribution in [3.8, 4) is 0 Å². The predicted molar refractivity (Wildman–Crippen MR) is 70.4 cm³/mol. The zero-order chi connectivity index (χ0) is 13.9. The summed E-state index contributed by atoms with van der Waals surface area (Å²) >= 11 is 0. The topological polar surface area (TPSA) is 6.48 Å². The number of nitrogens with zero attached hydrogens (tertiary/aromatic N) is 2. The third-order valence-corrected chi connectivity index (χ3v) is 3.45. The fraction of sp³-hybridized carbons (Fsp3) is 0.571. The van der Waals surface area contributed by atoms with Crippen LogP contribution in [0, 0.1) is 0 Å². The van der Waals surface area contributed by atoms with E-state index in [2.05, 4.69) is 11.8 Å². The van der Waals surface area contributed by atoms with Crippen LogP contribution in [0.2, 0.25) is 0 Å². The molecule has 0 aliphatic carbocycles. The molecule has 0 bridgehead atoms. The van der Waals surface area contributed by atoms with Gasteiger partial charge in [0.15, 0.2) is 0 Å². The molecule has 19 heavy (non-hydrogen) atoms. The van der Waals surface area contributed by atoms with Crippen LogP contribution in [0.25, 0.3) is 0 Å². The standard InChI is InChI=1S/C14H19F3N2/c1-2-6-18-7-9-19(10-8-18)13-5-3-4-12(11-13)14(15,16)17/h3-5,11H,2,6-10H2,1H3. The molecule has 0 amide bonds. The van der Waals surface area contributed by atoms with E-state index in [0.717, 1.165) is 45.2 Å². The third-order valence-electron chi connectivity index (χ3n) is 3.45. The number of piperazine rings is 1. The van der Waals surface area contributed by atoms with Gasteiger partial charge in [-0.15, -0.1) is 0 Å². The van der Waals surface area contributed by atoms with Crippen molar-refractivity contribution in [3.05, 3.63) is 29.8 Å². The highest BCUT2D eigenvalue weighted by Crippen LogP contribution is 2.31. The van der Waals surface area contributed by atoms with Crippen LogP contribution in [0.5, 0.6) is 0 Å². The highest BCUT2D eigenvalue weighted by atomic mass is 19.4. The molecular weight excluding hydrogens is 253 g/mol. The lowest BCUT2D eigenvalue weighted by molar-refractivity contribution is -0.137. The Morgan fingerprint density at radius 3 is 2.37 bits per heavy atom. The van der Waals surface area contributed by atoms with Crippen LogP contribution in [0.15, 0.2) is 24.3 Å². The van der Waals surface area contributed by atoms with Crippen molar-refractivity contribution in [2.75, 3.05) is 37.6 Å². The molecule has 0 spiro atoms. The van der Waals surface area contributed by atoms with E-state index in [1.165, 1.54) is 12.1 Å². The van der Waals surface area contributed by atoms with E-state index in [9.17, 15) is 13.2 Å². The van der Waals surface area contributed by atoms with Gasteiger partial charge in [-0.25, -0.2) is 0 Å². The maximum absolute atomic E-state index is 12.7. The summed E-state index contributed by atoms with van der Waals surface area (Å²) in [4.78, 5) is 4.38. The van der Waals surface area contributed by atoms with Crippen molar-refractivity contribution in [2.24, 2.45) is 0 Å². The summed E-state index contributed by atoms with van der Waals surface area (Å²) in [6.07, 6.45) is -3.15. The second-order valence-electron chi connectivity index (χ2n) is 4.88. The van der Waals surface area contributed by atoms with Crippen LogP contribution in [-0.4, -0.2) is 37.6 Å². The molecule has 1 aromatic carbocycles. The first-order valence-corrected chi connectivity index (χ1v) is 6.65. The second kappa shape index (κ2) is 5.82. The van der Waals surface area contributed by atoms with Gasteiger partial charge in [-0.3, -0.25) is 4.90 Å². The molecule has 0 unspecified atom stereocenters. The Morgan fingerprint density at radius 1 is 1.11 bits per heavy atom. The molecule has 2 rings (SSSR count). The Bertz CT molecular complexity index is 409. The molecule has 0 atom stereocenters. The number of rotatable bonds is 3. The average Bonchev–Trinajstić information content (AvgIpc) is 2.39. The molecule has 0 saturated carbocycles. The van der Waals surface area contributed by atoms with Gasteiger partial charge in [-0.05, 0) is 31.2 Å². The van der Waals surface area contributed by atoms with E-state index in [1.807, 2.05) is 4.90 Å². The molecule has 0 aromatic heterocycles. The van der Waals surface area contributed by atoms with Crippen LogP contribution in [0.3, 0.4) is 0 Å². The summed E-state index contributed by atoms with van der Waals surface area (Å²) in [5.74, 6) is 0. The van der Waals surface area contributed by atoms with Crippen LogP contribution >= 0.6 is 0 Å². The summed E-state index contributed by atoms with van der Waals surface area (Å²) in [6.45, 7) is 6.63. The zero-order valence-electron chi connectivity index (χ0n) is 11.1. The first-order chi connectivity index (χ1) is 9.00. The van der Waals surface area contributed by atoms with E-state index < -0.39 is 11.7 Å². The Morgan fingerprint density at radius 2 is 1.79 bits per heavy atom. The van der Waals surface area contributed by atoms with Gasteiger partial charge in [0.05, 0.1) is 5.56 Å². The van der Waals surface area contributed by atoms with Crippen molar-refractivity contribution in [1.29, 1.82) is 0 Å². The fourth-order valence-corrected chi connectivity index (χ4v) is 2.42. The highest BCUT2D eigenvalue weighted by molar-refractivity contribution is 5.49. The first kappa shape index (κ1) is 14.2. The summed E-state index contributed by atoms with van der Waals surface area (Å²) in [7, 11) is 0. The van der Waals surface area contributed by atoms with E-state index in [4.69, 9.17) is 0 Å². The lowest BCUT2D eigenvalue weighted by atomic mass is 10.1. The van der Waals surface area contributed by atoms with Gasteiger partial charge in [0, 0.05) is 31.9 Å². The molecule has 5 heteroatoms. The molecule has 0 N–H and O–H groups in total. The lowest BCUT2D eigenvalue weighted by Crippen LogP contribution is -2.46. The summed E-state index contributed by atoms with van der Waals surface area (Å²) < 4.78 is 38.0. The Hall–Kier alpha value is -1.23. The Kier molecular flexibility index (Phi) is 4.34. The molecule has 2 nitrogen and oxygen atoms in total. The molecule has 1 aliphatic heterocycles. The zero-order valence-corrected chi connectivity index (χ0v) is 11.1. The fourth-order valence-electron chi connectivity index (χ4n) is 2.42. The number of halogens is 3. The van der Waals surface area contributed by atoms with Crippen molar-refractivity contribution in [1.82, 2.24) is 4.90 Å². The summed E-state index contributed by atoms with van der Waals surface area (Å²) in [5.41, 5.74) is 0.104. The minimum Gasteiger partial charge on any atom is -0.369 e. The van der Waals surface area contributed by atoms with Gasteiger partial charge in [-0.2, -0.15) is 13.2 Å². The quantitative estimate of drug-likeness (QED) is 0.833. The predicted octanol–water partition coefficient (Wildman–Crippen LogP) is 3.24. The van der Waals surface area contributed by atoms with Gasteiger partial charge in [-0.1, -0.05) is 13.0 Å². The van der Waals surface area contributed by atoms with Crippen LogP contribution in [-0.2, 0) is 6.18 Å². The monoisotopic (exact) mass is 272 g/mol. The van der Waals surface area contributed by atoms with Crippen molar-refractivity contribution >= 4 is 5.69 Å². The van der Waals surface area contributed by atoms with E-state index in [-0.39, 0.29) is 0 Å². The number of anilines is 1. The molecular formula is C14H19F3N2. The van der Waals surface area contributed by atoms with Gasteiger partial charge in [0.2, 0.25) is 0 Å². The van der Waals surface area contributed by atoms with Gasteiger partial charge in [0.25, 0.3) is 0 Å². The molecule has 1 aromatic rings. The summed E-state index contributed by atoms with van der Waals surface area (Å²) in [6, 6.07) is 5.60. The summed E-state index contributed by atoms with van der Waals surface area (Å²) in [5, 5.41) is 0. The maximum Gasteiger partial charge on any atom is 0.416 e. The normalized spacial score (nSPS) is 17.8. The smallest absolute Gasteiger partial charge is 0.369 e. The van der Waals surface area contributed by atoms with Gasteiger partial charge >= 0.3 is 6.18 Å². The Labute approximate surface area is 111 Å². The molecule has 0 radical (unpaired) electrons. The Balaban J connectivity index is 2.03. The van der Waals surface area contributed by atoms with Gasteiger partial charge in [0.1, 0.15) is 0 Å². The maximum atomic E-state index is 12.7. The third kappa shape index (κ3) is 3.62. The van der Waals surface area contributed by atoms with E-state index >= 15 is 0 Å².